The van der Waals surface area contributed by atoms with E-state index in [1.54, 1.807) is 11.3 Å². The van der Waals surface area contributed by atoms with E-state index >= 15 is 0 Å². The zero-order chi connectivity index (χ0) is 25.4. The van der Waals surface area contributed by atoms with Gasteiger partial charge in [0.15, 0.2) is 0 Å². The molecule has 0 saturated heterocycles. The van der Waals surface area contributed by atoms with Crippen LogP contribution in [0.1, 0.15) is 85.1 Å². The summed E-state index contributed by atoms with van der Waals surface area (Å²) in [7, 11) is 0. The largest absolute Gasteiger partial charge is 0.392 e. The van der Waals surface area contributed by atoms with Gasteiger partial charge in [0.25, 0.3) is 0 Å². The minimum absolute atomic E-state index is 0. The first kappa shape index (κ1) is 29.5. The van der Waals surface area contributed by atoms with Crippen molar-refractivity contribution in [1.82, 2.24) is 4.98 Å². The molecule has 2 aliphatic rings. The van der Waals surface area contributed by atoms with Gasteiger partial charge in [-0.15, -0.1) is 23.6 Å². The van der Waals surface area contributed by atoms with Crippen LogP contribution in [0.4, 0.5) is 0 Å². The fourth-order valence-corrected chi connectivity index (χ4v) is 6.87. The van der Waals surface area contributed by atoms with Gasteiger partial charge in [-0.2, -0.15) is 0 Å². The molecule has 2 aliphatic carbocycles. The number of fused-ring (bicyclic) bond motifs is 2. The Balaban J connectivity index is 0.000000196. The Labute approximate surface area is 235 Å². The van der Waals surface area contributed by atoms with E-state index in [1.807, 2.05) is 12.3 Å². The van der Waals surface area contributed by atoms with Gasteiger partial charge < -0.3 is 15.2 Å². The predicted octanol–water partition coefficient (Wildman–Crippen LogP) is 7.86. The third-order valence-corrected chi connectivity index (χ3v) is 9.55. The number of pyridine rings is 1. The van der Waals surface area contributed by atoms with Crippen LogP contribution in [0.25, 0.3) is 20.7 Å². The molecule has 2 N–H and O–H groups in total. The van der Waals surface area contributed by atoms with Crippen molar-refractivity contribution < 1.29 is 30.3 Å². The summed E-state index contributed by atoms with van der Waals surface area (Å²) in [5, 5.41) is 22.4. The second-order valence-electron chi connectivity index (χ2n) is 12.3. The smallest absolute Gasteiger partial charge is 0.0646 e. The van der Waals surface area contributed by atoms with E-state index in [0.717, 1.165) is 23.4 Å². The van der Waals surface area contributed by atoms with Crippen LogP contribution in [0.3, 0.4) is 0 Å². The van der Waals surface area contributed by atoms with Gasteiger partial charge in [-0.25, -0.2) is 11.3 Å². The van der Waals surface area contributed by atoms with Crippen molar-refractivity contribution in [3.8, 4) is 10.6 Å². The Hall–Kier alpha value is -1.10. The average Bonchev–Trinajstić information content (AvgIpc) is 3.21. The first-order valence-corrected chi connectivity index (χ1v) is 14.0. The SMILES string of the molecule is CC(C)c1ccnc(-c2[c-]c3ccccc3s2)c1.CC1(C)CCCC2CCC(C)(C)C(O)C2C1O.[Ir]. The molecule has 4 unspecified atom stereocenters. The summed E-state index contributed by atoms with van der Waals surface area (Å²) in [5.41, 5.74) is 2.27. The van der Waals surface area contributed by atoms with Crippen LogP contribution >= 0.6 is 11.3 Å². The van der Waals surface area contributed by atoms with E-state index < -0.39 is 0 Å². The van der Waals surface area contributed by atoms with Crippen LogP contribution in [-0.2, 0) is 20.1 Å². The number of thiophene rings is 1. The number of benzene rings is 1. The molecule has 2 fully saturated rings. The van der Waals surface area contributed by atoms with Gasteiger partial charge in [-0.05, 0) is 64.0 Å². The van der Waals surface area contributed by atoms with Gasteiger partial charge in [-0.3, -0.25) is 0 Å². The van der Waals surface area contributed by atoms with Crippen LogP contribution in [0.15, 0.2) is 42.6 Å². The average molecular weight is 685 g/mol. The molecule has 5 heteroatoms. The number of aliphatic hydroxyl groups is 2. The van der Waals surface area contributed by atoms with E-state index in [4.69, 9.17) is 0 Å². The second-order valence-corrected chi connectivity index (χ2v) is 13.4. The Kier molecular flexibility index (Phi) is 9.61. The van der Waals surface area contributed by atoms with E-state index in [2.05, 4.69) is 82.9 Å². The molecular weight excluding hydrogens is 643 g/mol. The molecule has 2 saturated carbocycles. The quantitative estimate of drug-likeness (QED) is 0.271. The third kappa shape index (κ3) is 6.30. The molecule has 5 rings (SSSR count). The van der Waals surface area contributed by atoms with Crippen molar-refractivity contribution in [3.05, 3.63) is 54.2 Å². The fourth-order valence-electron chi connectivity index (χ4n) is 5.90. The topological polar surface area (TPSA) is 53.4 Å². The number of aliphatic hydroxyl groups excluding tert-OH is 2. The van der Waals surface area contributed by atoms with Gasteiger partial charge in [0.2, 0.25) is 0 Å². The minimum atomic E-state index is -0.357. The molecule has 0 amide bonds. The summed E-state index contributed by atoms with van der Waals surface area (Å²) >= 11 is 1.75. The van der Waals surface area contributed by atoms with Crippen LogP contribution in [0.5, 0.6) is 0 Å². The number of aromatic nitrogens is 1. The second kappa shape index (κ2) is 11.7. The zero-order valence-corrected chi connectivity index (χ0v) is 25.8. The van der Waals surface area contributed by atoms with Gasteiger partial charge >= 0.3 is 0 Å². The van der Waals surface area contributed by atoms with E-state index in [1.165, 1.54) is 34.9 Å². The molecule has 4 atom stereocenters. The molecule has 199 valence electrons. The summed E-state index contributed by atoms with van der Waals surface area (Å²) in [4.78, 5) is 5.59. The molecule has 2 aromatic heterocycles. The molecule has 1 aromatic carbocycles. The van der Waals surface area contributed by atoms with E-state index in [0.29, 0.717) is 11.8 Å². The molecule has 36 heavy (non-hydrogen) atoms. The van der Waals surface area contributed by atoms with Gasteiger partial charge in [0.05, 0.1) is 12.2 Å². The molecule has 3 nitrogen and oxygen atoms in total. The molecule has 0 spiro atoms. The maximum atomic E-state index is 10.7. The number of hydrogen-bond donors (Lipinski definition) is 2. The standard InChI is InChI=1S/C16H14NS.C15H28O2.Ir/c1-11(2)12-7-8-17-14(9-12)16-10-13-5-3-4-6-15(13)18-16;1-14(2)8-5-6-10-7-9-15(3,4)13(17)11(10)12(14)16;/h3-9,11H,1-2H3;10-13,16-17H,5-9H2,1-4H3;/q-1;;. The van der Waals surface area contributed by atoms with Crippen LogP contribution < -0.4 is 0 Å². The fraction of sp³-hybridized carbons (Fsp3) is 0.581. The van der Waals surface area contributed by atoms with Crippen molar-refractivity contribution >= 4 is 21.4 Å². The Morgan fingerprint density at radius 2 is 1.64 bits per heavy atom. The molecule has 2 heterocycles. The maximum absolute atomic E-state index is 10.7. The molecule has 0 bridgehead atoms. The van der Waals surface area contributed by atoms with Gasteiger partial charge in [0.1, 0.15) is 0 Å². The Bertz CT molecular complexity index is 1110. The Morgan fingerprint density at radius 1 is 0.972 bits per heavy atom. The Morgan fingerprint density at radius 3 is 2.31 bits per heavy atom. The zero-order valence-electron chi connectivity index (χ0n) is 22.5. The summed E-state index contributed by atoms with van der Waals surface area (Å²) in [6.45, 7) is 13.0. The summed E-state index contributed by atoms with van der Waals surface area (Å²) < 4.78 is 1.27. The predicted molar refractivity (Wildman–Crippen MR) is 148 cm³/mol. The maximum Gasteiger partial charge on any atom is 0.0646 e. The molecule has 0 aliphatic heterocycles. The normalized spacial score (nSPS) is 26.8. The van der Waals surface area contributed by atoms with E-state index in [-0.39, 0.29) is 49.1 Å². The van der Waals surface area contributed by atoms with Crippen molar-refractivity contribution in [3.63, 3.8) is 0 Å². The third-order valence-electron chi connectivity index (χ3n) is 8.46. The van der Waals surface area contributed by atoms with Crippen LogP contribution in [-0.4, -0.2) is 27.4 Å². The van der Waals surface area contributed by atoms with Crippen LogP contribution in [0.2, 0.25) is 0 Å². The van der Waals surface area contributed by atoms with Gasteiger partial charge in [0, 0.05) is 37.9 Å². The summed E-state index contributed by atoms with van der Waals surface area (Å²) in [6.07, 6.45) is 6.89. The summed E-state index contributed by atoms with van der Waals surface area (Å²) in [5.74, 6) is 1.13. The van der Waals surface area contributed by atoms with E-state index in [9.17, 15) is 10.2 Å². The minimum Gasteiger partial charge on any atom is -0.392 e. The van der Waals surface area contributed by atoms with Crippen molar-refractivity contribution in [2.45, 2.75) is 91.8 Å². The monoisotopic (exact) mass is 685 g/mol. The van der Waals surface area contributed by atoms with Crippen molar-refractivity contribution in [1.29, 1.82) is 0 Å². The van der Waals surface area contributed by atoms with Crippen molar-refractivity contribution in [2.75, 3.05) is 0 Å². The first-order valence-electron chi connectivity index (χ1n) is 13.2. The molecular formula is C31H42IrNO2S-. The number of hydrogen-bond acceptors (Lipinski definition) is 4. The summed E-state index contributed by atoms with van der Waals surface area (Å²) in [6, 6.07) is 16.0. The molecule has 3 aromatic rings. The number of nitrogens with zero attached hydrogens (tertiary/aromatic N) is 1. The van der Waals surface area contributed by atoms with Gasteiger partial charge in [-0.1, -0.05) is 71.7 Å². The number of rotatable bonds is 2. The van der Waals surface area contributed by atoms with Crippen LogP contribution in [0, 0.1) is 28.7 Å². The first-order chi connectivity index (χ1) is 16.5. The van der Waals surface area contributed by atoms with Crippen molar-refractivity contribution in [2.24, 2.45) is 22.7 Å². The molecule has 1 radical (unpaired) electrons.